The van der Waals surface area contributed by atoms with E-state index in [1.165, 1.54) is 11.8 Å². The minimum atomic E-state index is -3.35. The van der Waals surface area contributed by atoms with Crippen LogP contribution in [0.25, 0.3) is 0 Å². The van der Waals surface area contributed by atoms with E-state index in [4.69, 9.17) is 5.14 Å². The maximum absolute atomic E-state index is 10.6. The molecule has 0 spiro atoms. The number of sulfonamides is 1. The third kappa shape index (κ3) is 4.59. The van der Waals surface area contributed by atoms with Gasteiger partial charge in [-0.15, -0.1) is 11.8 Å². The molecule has 1 rings (SSSR count). The highest BCUT2D eigenvalue weighted by atomic mass is 32.2. The first kappa shape index (κ1) is 11.5. The second kappa shape index (κ2) is 4.77. The molecule has 0 bridgehead atoms. The summed E-state index contributed by atoms with van der Waals surface area (Å²) in [5.41, 5.74) is 1.11. The predicted molar refractivity (Wildman–Crippen MR) is 57.7 cm³/mol. The van der Waals surface area contributed by atoms with Gasteiger partial charge in [0.1, 0.15) is 0 Å². The van der Waals surface area contributed by atoms with Gasteiger partial charge in [0.05, 0.1) is 10.8 Å². The zero-order chi connectivity index (χ0) is 10.6. The molecule has 0 saturated heterocycles. The number of nitrogens with zero attached hydrogens (tertiary/aromatic N) is 1. The summed E-state index contributed by atoms with van der Waals surface area (Å²) >= 11 is 1.39. The van der Waals surface area contributed by atoms with Crippen molar-refractivity contribution >= 4 is 21.8 Å². The zero-order valence-corrected chi connectivity index (χ0v) is 9.44. The summed E-state index contributed by atoms with van der Waals surface area (Å²) in [5, 5.41) is 5.70. The van der Waals surface area contributed by atoms with Crippen LogP contribution in [0.5, 0.6) is 0 Å². The smallest absolute Gasteiger partial charge is 0.209 e. The molecule has 0 saturated carbocycles. The summed E-state index contributed by atoms with van der Waals surface area (Å²) < 4.78 is 21.3. The van der Waals surface area contributed by atoms with Crippen LogP contribution >= 0.6 is 11.8 Å². The van der Waals surface area contributed by atoms with Crippen LogP contribution in [0.2, 0.25) is 0 Å². The summed E-state index contributed by atoms with van der Waals surface area (Å²) in [4.78, 5) is 4.09. The van der Waals surface area contributed by atoms with E-state index in [0.717, 1.165) is 10.6 Å². The van der Waals surface area contributed by atoms with Crippen molar-refractivity contribution in [2.45, 2.75) is 11.9 Å². The molecule has 0 aliphatic heterocycles. The number of hydrogen-bond donors (Lipinski definition) is 1. The number of nitrogens with two attached hydrogens (primary N) is 1. The Bertz CT molecular complexity index is 404. The van der Waals surface area contributed by atoms with Crippen molar-refractivity contribution in [3.05, 3.63) is 23.9 Å². The van der Waals surface area contributed by atoms with Crippen molar-refractivity contribution in [1.82, 2.24) is 4.98 Å². The van der Waals surface area contributed by atoms with Crippen LogP contribution in [0.1, 0.15) is 5.56 Å². The summed E-state index contributed by atoms with van der Waals surface area (Å²) in [6.07, 6.45) is 1.70. The van der Waals surface area contributed by atoms with Gasteiger partial charge in [0.2, 0.25) is 10.0 Å². The SMILES string of the molecule is Cc1ccnc(SCCS(N)(=O)=O)c1. The Morgan fingerprint density at radius 1 is 1.57 bits per heavy atom. The number of primary sulfonamides is 1. The topological polar surface area (TPSA) is 73.0 Å². The Balaban J connectivity index is 2.47. The van der Waals surface area contributed by atoms with E-state index < -0.39 is 10.0 Å². The molecular weight excluding hydrogens is 220 g/mol. The van der Waals surface area contributed by atoms with Gasteiger partial charge in [-0.1, -0.05) is 0 Å². The van der Waals surface area contributed by atoms with E-state index in [1.54, 1.807) is 6.20 Å². The quantitative estimate of drug-likeness (QED) is 0.778. The Morgan fingerprint density at radius 3 is 2.86 bits per heavy atom. The molecule has 0 amide bonds. The number of aryl methyl sites for hydroxylation is 1. The van der Waals surface area contributed by atoms with Crippen LogP contribution in [0.3, 0.4) is 0 Å². The first-order chi connectivity index (χ1) is 6.47. The van der Waals surface area contributed by atoms with Gasteiger partial charge in [0, 0.05) is 11.9 Å². The summed E-state index contributed by atoms with van der Waals surface area (Å²) in [7, 11) is -3.35. The fourth-order valence-corrected chi connectivity index (χ4v) is 2.73. The largest absolute Gasteiger partial charge is 0.250 e. The average Bonchev–Trinajstić information content (AvgIpc) is 2.01. The molecule has 2 N–H and O–H groups in total. The van der Waals surface area contributed by atoms with Gasteiger partial charge in [-0.2, -0.15) is 0 Å². The van der Waals surface area contributed by atoms with E-state index in [9.17, 15) is 8.42 Å². The van der Waals surface area contributed by atoms with E-state index in [0.29, 0.717) is 5.75 Å². The predicted octanol–water partition coefficient (Wildman–Crippen LogP) is 0.771. The van der Waals surface area contributed by atoms with E-state index in [-0.39, 0.29) is 5.75 Å². The molecule has 1 aromatic rings. The maximum atomic E-state index is 10.6. The van der Waals surface area contributed by atoms with E-state index in [1.807, 2.05) is 19.1 Å². The minimum absolute atomic E-state index is 0.0205. The maximum Gasteiger partial charge on any atom is 0.209 e. The lowest BCUT2D eigenvalue weighted by Gasteiger charge is -2.00. The van der Waals surface area contributed by atoms with Crippen LogP contribution in [-0.2, 0) is 10.0 Å². The van der Waals surface area contributed by atoms with Crippen LogP contribution in [0.15, 0.2) is 23.4 Å². The Kier molecular flexibility index (Phi) is 3.91. The van der Waals surface area contributed by atoms with Gasteiger partial charge in [-0.25, -0.2) is 18.5 Å². The molecule has 0 radical (unpaired) electrons. The van der Waals surface area contributed by atoms with E-state index >= 15 is 0 Å². The van der Waals surface area contributed by atoms with Gasteiger partial charge in [0.25, 0.3) is 0 Å². The molecule has 1 heterocycles. The molecule has 0 fully saturated rings. The summed E-state index contributed by atoms with van der Waals surface area (Å²) in [5.74, 6) is 0.419. The van der Waals surface area contributed by atoms with Crippen molar-refractivity contribution < 1.29 is 8.42 Å². The molecule has 0 atom stereocenters. The number of pyridine rings is 1. The molecule has 6 heteroatoms. The minimum Gasteiger partial charge on any atom is -0.250 e. The molecule has 4 nitrogen and oxygen atoms in total. The Morgan fingerprint density at radius 2 is 2.29 bits per heavy atom. The van der Waals surface area contributed by atoms with Gasteiger partial charge in [0.15, 0.2) is 0 Å². The standard InChI is InChI=1S/C8H12N2O2S2/c1-7-2-3-10-8(6-7)13-4-5-14(9,11)12/h2-3,6H,4-5H2,1H3,(H2,9,11,12). The van der Waals surface area contributed by atoms with Gasteiger partial charge in [-0.05, 0) is 24.6 Å². The Hall–Kier alpha value is -0.590. The first-order valence-corrected chi connectivity index (χ1v) is 6.73. The fraction of sp³-hybridized carbons (Fsp3) is 0.375. The number of aromatic nitrogens is 1. The van der Waals surface area contributed by atoms with Crippen LogP contribution < -0.4 is 5.14 Å². The molecule has 78 valence electrons. The molecular formula is C8H12N2O2S2. The monoisotopic (exact) mass is 232 g/mol. The lowest BCUT2D eigenvalue weighted by atomic mass is 10.3. The molecule has 1 aromatic heterocycles. The van der Waals surface area contributed by atoms with Gasteiger partial charge in [-0.3, -0.25) is 0 Å². The summed E-state index contributed by atoms with van der Waals surface area (Å²) in [6, 6.07) is 3.80. The van der Waals surface area contributed by atoms with Gasteiger partial charge < -0.3 is 0 Å². The molecule has 14 heavy (non-hydrogen) atoms. The zero-order valence-electron chi connectivity index (χ0n) is 7.80. The van der Waals surface area contributed by atoms with Crippen molar-refractivity contribution in [2.75, 3.05) is 11.5 Å². The molecule has 0 unspecified atom stereocenters. The van der Waals surface area contributed by atoms with Crippen molar-refractivity contribution in [3.63, 3.8) is 0 Å². The van der Waals surface area contributed by atoms with Crippen LogP contribution in [0.4, 0.5) is 0 Å². The molecule has 0 aromatic carbocycles. The van der Waals surface area contributed by atoms with Crippen LogP contribution in [0, 0.1) is 6.92 Å². The van der Waals surface area contributed by atoms with Crippen molar-refractivity contribution in [2.24, 2.45) is 5.14 Å². The normalized spacial score (nSPS) is 11.6. The van der Waals surface area contributed by atoms with Crippen molar-refractivity contribution in [3.8, 4) is 0 Å². The van der Waals surface area contributed by atoms with Crippen molar-refractivity contribution in [1.29, 1.82) is 0 Å². The molecule has 0 aliphatic rings. The third-order valence-electron chi connectivity index (χ3n) is 1.51. The number of hydrogen-bond acceptors (Lipinski definition) is 4. The van der Waals surface area contributed by atoms with E-state index in [2.05, 4.69) is 4.98 Å². The Labute approximate surface area is 88.0 Å². The highest BCUT2D eigenvalue weighted by Gasteiger charge is 2.03. The fourth-order valence-electron chi connectivity index (χ4n) is 0.850. The first-order valence-electron chi connectivity index (χ1n) is 4.03. The highest BCUT2D eigenvalue weighted by Crippen LogP contribution is 2.15. The lowest BCUT2D eigenvalue weighted by molar-refractivity contribution is 0.599. The van der Waals surface area contributed by atoms with Gasteiger partial charge >= 0.3 is 0 Å². The van der Waals surface area contributed by atoms with Crippen LogP contribution in [-0.4, -0.2) is 24.9 Å². The number of rotatable bonds is 4. The third-order valence-corrected chi connectivity index (χ3v) is 3.47. The molecule has 0 aliphatic carbocycles. The highest BCUT2D eigenvalue weighted by molar-refractivity contribution is 8.00. The second-order valence-electron chi connectivity index (χ2n) is 2.89. The number of thioether (sulfide) groups is 1. The summed E-state index contributed by atoms with van der Waals surface area (Å²) in [6.45, 7) is 1.96. The average molecular weight is 232 g/mol. The second-order valence-corrected chi connectivity index (χ2v) is 5.74. The lowest BCUT2D eigenvalue weighted by Crippen LogP contribution is -2.17.